The van der Waals surface area contributed by atoms with Crippen molar-refractivity contribution in [1.29, 1.82) is 0 Å². The first kappa shape index (κ1) is 15.4. The molecule has 6 nitrogen and oxygen atoms in total. The molecule has 0 saturated carbocycles. The van der Waals surface area contributed by atoms with Gasteiger partial charge >= 0.3 is 0 Å². The first-order valence-electron chi connectivity index (χ1n) is 5.59. The molecule has 18 heavy (non-hydrogen) atoms. The van der Waals surface area contributed by atoms with E-state index in [1.54, 1.807) is 13.8 Å². The molecular formula is C10H18ClN3O3S. The molecule has 8 heteroatoms. The first-order chi connectivity index (χ1) is 7.93. The second-order valence-corrected chi connectivity index (χ2v) is 6.25. The normalized spacial score (nSPS) is 21.6. The van der Waals surface area contributed by atoms with Gasteiger partial charge in [-0.15, -0.1) is 12.4 Å². The third kappa shape index (κ3) is 2.69. The summed E-state index contributed by atoms with van der Waals surface area (Å²) in [6.45, 7) is 6.87. The number of rotatable bonds is 2. The molecule has 1 aromatic heterocycles. The summed E-state index contributed by atoms with van der Waals surface area (Å²) in [4.78, 5) is 0.214. The van der Waals surface area contributed by atoms with Gasteiger partial charge in [0, 0.05) is 25.7 Å². The lowest BCUT2D eigenvalue weighted by atomic mass is 10.3. The smallest absolute Gasteiger partial charge is 0.248 e. The van der Waals surface area contributed by atoms with Crippen LogP contribution in [-0.2, 0) is 10.0 Å². The van der Waals surface area contributed by atoms with Crippen LogP contribution in [0.2, 0.25) is 0 Å². The number of piperazine rings is 1. The van der Waals surface area contributed by atoms with Crippen LogP contribution in [0.3, 0.4) is 0 Å². The number of halogens is 1. The second kappa shape index (κ2) is 5.56. The third-order valence-electron chi connectivity index (χ3n) is 2.90. The predicted molar refractivity (Wildman–Crippen MR) is 69.4 cm³/mol. The Morgan fingerprint density at radius 2 is 2.11 bits per heavy atom. The molecule has 0 spiro atoms. The van der Waals surface area contributed by atoms with E-state index in [1.807, 2.05) is 6.92 Å². The van der Waals surface area contributed by atoms with Crippen LogP contribution in [0, 0.1) is 13.8 Å². The molecule has 1 aliphatic rings. The zero-order valence-corrected chi connectivity index (χ0v) is 12.3. The van der Waals surface area contributed by atoms with E-state index in [0.717, 1.165) is 0 Å². The van der Waals surface area contributed by atoms with E-state index in [2.05, 4.69) is 10.5 Å². The molecule has 1 atom stereocenters. The van der Waals surface area contributed by atoms with E-state index >= 15 is 0 Å². The summed E-state index contributed by atoms with van der Waals surface area (Å²) in [5, 5.41) is 6.91. The van der Waals surface area contributed by atoms with Crippen molar-refractivity contribution in [2.45, 2.75) is 31.7 Å². The second-order valence-electron chi connectivity index (χ2n) is 4.37. The molecule has 1 saturated heterocycles. The minimum atomic E-state index is -3.48. The summed E-state index contributed by atoms with van der Waals surface area (Å²) in [6.07, 6.45) is 0. The fraction of sp³-hybridized carbons (Fsp3) is 0.700. The van der Waals surface area contributed by atoms with E-state index in [0.29, 0.717) is 31.1 Å². The van der Waals surface area contributed by atoms with Crippen LogP contribution in [0.1, 0.15) is 18.4 Å². The third-order valence-corrected chi connectivity index (χ3v) is 5.01. The van der Waals surface area contributed by atoms with Crippen molar-refractivity contribution >= 4 is 22.4 Å². The first-order valence-corrected chi connectivity index (χ1v) is 7.03. The number of aryl methyl sites for hydroxylation is 2. The number of hydrogen-bond acceptors (Lipinski definition) is 5. The van der Waals surface area contributed by atoms with Gasteiger partial charge in [-0.25, -0.2) is 8.42 Å². The van der Waals surface area contributed by atoms with Crippen molar-refractivity contribution in [2.75, 3.05) is 19.6 Å². The van der Waals surface area contributed by atoms with E-state index < -0.39 is 10.0 Å². The average molecular weight is 296 g/mol. The Bertz CT molecular complexity index is 495. The lowest BCUT2D eigenvalue weighted by molar-refractivity contribution is 0.309. The van der Waals surface area contributed by atoms with Crippen LogP contribution in [0.15, 0.2) is 9.42 Å². The van der Waals surface area contributed by atoms with Crippen LogP contribution in [0.25, 0.3) is 0 Å². The summed E-state index contributed by atoms with van der Waals surface area (Å²) >= 11 is 0. The van der Waals surface area contributed by atoms with Gasteiger partial charge in [-0.3, -0.25) is 0 Å². The quantitative estimate of drug-likeness (QED) is 0.869. The molecule has 104 valence electrons. The van der Waals surface area contributed by atoms with E-state index in [-0.39, 0.29) is 23.3 Å². The minimum absolute atomic E-state index is 0. The molecule has 0 aromatic carbocycles. The molecule has 1 N–H and O–H groups in total. The molecule has 0 aliphatic carbocycles. The monoisotopic (exact) mass is 295 g/mol. The summed E-state index contributed by atoms with van der Waals surface area (Å²) in [6, 6.07) is 0.166. The van der Waals surface area contributed by atoms with Gasteiger partial charge in [0.05, 0.1) is 0 Å². The lowest BCUT2D eigenvalue weighted by Crippen LogP contribution is -2.51. The molecule has 0 amide bonds. The fourth-order valence-corrected chi connectivity index (χ4v) is 3.91. The van der Waals surface area contributed by atoms with Gasteiger partial charge in [0.25, 0.3) is 0 Å². The van der Waals surface area contributed by atoms with Crippen LogP contribution < -0.4 is 5.32 Å². The maximum absolute atomic E-state index is 12.4. The highest BCUT2D eigenvalue weighted by atomic mass is 35.5. The maximum atomic E-state index is 12.4. The number of nitrogens with zero attached hydrogens (tertiary/aromatic N) is 2. The molecule has 1 aromatic rings. The van der Waals surface area contributed by atoms with Crippen LogP contribution in [0.5, 0.6) is 0 Å². The number of nitrogens with one attached hydrogen (secondary N) is 1. The van der Waals surface area contributed by atoms with Crippen molar-refractivity contribution in [2.24, 2.45) is 0 Å². The van der Waals surface area contributed by atoms with E-state index in [9.17, 15) is 8.42 Å². The number of sulfonamides is 1. The highest BCUT2D eigenvalue weighted by molar-refractivity contribution is 7.89. The van der Waals surface area contributed by atoms with Crippen molar-refractivity contribution in [3.8, 4) is 0 Å². The summed E-state index contributed by atoms with van der Waals surface area (Å²) in [7, 11) is -3.48. The standard InChI is InChI=1S/C10H17N3O3S.ClH/c1-7-6-13(5-4-11-7)17(14,15)10-8(2)12-16-9(10)3;/h7,11H,4-6H2,1-3H3;1H. The van der Waals surface area contributed by atoms with Gasteiger partial charge in [-0.2, -0.15) is 4.31 Å². The Hall–Kier alpha value is -0.630. The van der Waals surface area contributed by atoms with Crippen LogP contribution in [-0.4, -0.2) is 43.6 Å². The SMILES string of the molecule is Cc1noc(C)c1S(=O)(=O)N1CCNC(C)C1.Cl. The fourth-order valence-electron chi connectivity index (χ4n) is 2.09. The number of aromatic nitrogens is 1. The van der Waals surface area contributed by atoms with Crippen molar-refractivity contribution in [1.82, 2.24) is 14.8 Å². The predicted octanol–water partition coefficient (Wildman–Crippen LogP) is 0.696. The number of hydrogen-bond donors (Lipinski definition) is 1. The van der Waals surface area contributed by atoms with Gasteiger partial charge in [0.2, 0.25) is 10.0 Å². The summed E-state index contributed by atoms with van der Waals surface area (Å²) in [5.74, 6) is 0.355. The Morgan fingerprint density at radius 3 is 2.61 bits per heavy atom. The van der Waals surface area contributed by atoms with Crippen LogP contribution in [0.4, 0.5) is 0 Å². The molecule has 1 fully saturated rings. The maximum Gasteiger partial charge on any atom is 0.248 e. The lowest BCUT2D eigenvalue weighted by Gasteiger charge is -2.30. The van der Waals surface area contributed by atoms with E-state index in [1.165, 1.54) is 4.31 Å². The van der Waals surface area contributed by atoms with Gasteiger partial charge in [0.1, 0.15) is 10.6 Å². The molecule has 2 rings (SSSR count). The van der Waals surface area contributed by atoms with Crippen LogP contribution >= 0.6 is 12.4 Å². The van der Waals surface area contributed by atoms with Crippen molar-refractivity contribution in [3.63, 3.8) is 0 Å². The minimum Gasteiger partial charge on any atom is -0.360 e. The van der Waals surface area contributed by atoms with Crippen molar-refractivity contribution in [3.05, 3.63) is 11.5 Å². The average Bonchev–Trinajstić information content (AvgIpc) is 2.59. The van der Waals surface area contributed by atoms with Gasteiger partial charge in [-0.05, 0) is 20.8 Å². The zero-order chi connectivity index (χ0) is 12.6. The molecule has 1 aliphatic heterocycles. The van der Waals surface area contributed by atoms with Gasteiger partial charge in [-0.1, -0.05) is 5.16 Å². The molecule has 1 unspecified atom stereocenters. The largest absolute Gasteiger partial charge is 0.360 e. The van der Waals surface area contributed by atoms with Crippen molar-refractivity contribution < 1.29 is 12.9 Å². The highest BCUT2D eigenvalue weighted by Crippen LogP contribution is 2.23. The molecule has 2 heterocycles. The molecule has 0 bridgehead atoms. The highest BCUT2D eigenvalue weighted by Gasteiger charge is 2.33. The Balaban J connectivity index is 0.00000162. The molecule has 0 radical (unpaired) electrons. The zero-order valence-electron chi connectivity index (χ0n) is 10.6. The van der Waals surface area contributed by atoms with E-state index in [4.69, 9.17) is 4.52 Å². The topological polar surface area (TPSA) is 75.4 Å². The Morgan fingerprint density at radius 1 is 1.44 bits per heavy atom. The molecular weight excluding hydrogens is 278 g/mol. The Kier molecular flexibility index (Phi) is 4.77. The van der Waals surface area contributed by atoms with Gasteiger partial charge in [0.15, 0.2) is 5.76 Å². The summed E-state index contributed by atoms with van der Waals surface area (Å²) < 4.78 is 31.3. The Labute approximate surface area is 113 Å². The summed E-state index contributed by atoms with van der Waals surface area (Å²) in [5.41, 5.74) is 0.425. The van der Waals surface area contributed by atoms with Gasteiger partial charge < -0.3 is 9.84 Å².